The summed E-state index contributed by atoms with van der Waals surface area (Å²) in [4.78, 5) is 0. The molecule has 11 heavy (non-hydrogen) atoms. The summed E-state index contributed by atoms with van der Waals surface area (Å²) in [6.45, 7) is 0. The highest BCUT2D eigenvalue weighted by atomic mass is 19.2. The van der Waals surface area contributed by atoms with E-state index in [1.165, 1.54) is 12.1 Å². The molecule has 2 atom stereocenters. The van der Waals surface area contributed by atoms with Crippen LogP contribution >= 0.6 is 0 Å². The van der Waals surface area contributed by atoms with Crippen molar-refractivity contribution in [2.45, 2.75) is 12.5 Å². The molecule has 1 nitrogen and oxygen atoms in total. The van der Waals surface area contributed by atoms with Crippen LogP contribution in [0.1, 0.15) is 11.7 Å². The van der Waals surface area contributed by atoms with Crippen molar-refractivity contribution in [3.05, 3.63) is 35.9 Å². The van der Waals surface area contributed by atoms with Gasteiger partial charge in [-0.2, -0.15) is 0 Å². The smallest absolute Gasteiger partial charge is 0.184 e. The molecule has 60 valence electrons. The Hall–Kier alpha value is -0.960. The van der Waals surface area contributed by atoms with Crippen LogP contribution in [0.5, 0.6) is 0 Å². The van der Waals surface area contributed by atoms with E-state index in [0.717, 1.165) is 0 Å². The molecule has 0 aliphatic carbocycles. The molecule has 0 radical (unpaired) electrons. The Kier molecular flexibility index (Phi) is 2.54. The lowest BCUT2D eigenvalue weighted by Gasteiger charge is -2.08. The fourth-order valence-corrected chi connectivity index (χ4v) is 0.821. The van der Waals surface area contributed by atoms with Crippen LogP contribution in [0.25, 0.3) is 0 Å². The molecule has 0 amide bonds. The van der Waals surface area contributed by atoms with Crippen LogP contribution in [0.3, 0.4) is 0 Å². The number of rotatable bonds is 2. The van der Waals surface area contributed by atoms with E-state index in [9.17, 15) is 8.78 Å². The predicted molar refractivity (Wildman–Crippen MR) is 39.4 cm³/mol. The van der Waals surface area contributed by atoms with Crippen LogP contribution in [-0.4, -0.2) is 6.30 Å². The zero-order chi connectivity index (χ0) is 8.27. The quantitative estimate of drug-likeness (QED) is 0.652. The topological polar surface area (TPSA) is 26.0 Å². The summed E-state index contributed by atoms with van der Waals surface area (Å²) < 4.78 is 24.9. The van der Waals surface area contributed by atoms with Crippen LogP contribution in [0.4, 0.5) is 8.78 Å². The summed E-state index contributed by atoms with van der Waals surface area (Å²) >= 11 is 0. The molecule has 0 aliphatic heterocycles. The third-order valence-corrected chi connectivity index (χ3v) is 1.40. The van der Waals surface area contributed by atoms with Gasteiger partial charge in [0.05, 0.1) is 0 Å². The van der Waals surface area contributed by atoms with Crippen LogP contribution in [0.15, 0.2) is 30.3 Å². The molecule has 0 bridgehead atoms. The molecule has 3 heteroatoms. The van der Waals surface area contributed by atoms with Crippen molar-refractivity contribution in [2.24, 2.45) is 5.73 Å². The Labute approximate surface area is 63.8 Å². The third kappa shape index (κ3) is 1.98. The van der Waals surface area contributed by atoms with Gasteiger partial charge in [-0.15, -0.1) is 0 Å². The minimum Gasteiger partial charge on any atom is -0.299 e. The second-order valence-corrected chi connectivity index (χ2v) is 2.26. The summed E-state index contributed by atoms with van der Waals surface area (Å²) in [7, 11) is 0. The maximum atomic E-state index is 12.8. The van der Waals surface area contributed by atoms with Gasteiger partial charge < -0.3 is 0 Å². The van der Waals surface area contributed by atoms with Crippen molar-refractivity contribution in [3.63, 3.8) is 0 Å². The van der Waals surface area contributed by atoms with Gasteiger partial charge in [0.2, 0.25) is 0 Å². The van der Waals surface area contributed by atoms with Crippen LogP contribution in [0, 0.1) is 0 Å². The highest BCUT2D eigenvalue weighted by Gasteiger charge is 2.16. The third-order valence-electron chi connectivity index (χ3n) is 1.40. The van der Waals surface area contributed by atoms with Gasteiger partial charge in [-0.3, -0.25) is 5.73 Å². The second-order valence-electron chi connectivity index (χ2n) is 2.26. The standard InChI is InChI=1S/C8H9F2N/c9-7(8(10)11)6-4-2-1-3-5-6/h1-5,7-8H,11H2. The van der Waals surface area contributed by atoms with Crippen molar-refractivity contribution >= 4 is 0 Å². The normalized spacial score (nSPS) is 15.9. The number of benzene rings is 1. The Morgan fingerprint density at radius 2 is 1.64 bits per heavy atom. The van der Waals surface area contributed by atoms with Crippen molar-refractivity contribution in [1.82, 2.24) is 0 Å². The Morgan fingerprint density at radius 1 is 1.09 bits per heavy atom. The Bertz CT molecular complexity index is 211. The zero-order valence-corrected chi connectivity index (χ0v) is 5.87. The monoisotopic (exact) mass is 157 g/mol. The molecule has 0 saturated carbocycles. The fraction of sp³-hybridized carbons (Fsp3) is 0.250. The average Bonchev–Trinajstić information content (AvgIpc) is 2.05. The average molecular weight is 157 g/mol. The maximum Gasteiger partial charge on any atom is 0.184 e. The number of hydrogen-bond donors (Lipinski definition) is 1. The van der Waals surface area contributed by atoms with E-state index in [2.05, 4.69) is 0 Å². The molecule has 2 unspecified atom stereocenters. The SMILES string of the molecule is NC(F)C(F)c1ccccc1. The number of alkyl halides is 2. The summed E-state index contributed by atoms with van der Waals surface area (Å²) in [6.07, 6.45) is -3.64. The number of nitrogens with two attached hydrogens (primary N) is 1. The summed E-state index contributed by atoms with van der Waals surface area (Å²) in [5, 5.41) is 0. The molecule has 0 saturated heterocycles. The number of halogens is 2. The van der Waals surface area contributed by atoms with E-state index >= 15 is 0 Å². The Balaban J connectivity index is 2.77. The zero-order valence-electron chi connectivity index (χ0n) is 5.87. The molecule has 0 spiro atoms. The van der Waals surface area contributed by atoms with Crippen LogP contribution in [-0.2, 0) is 0 Å². The lowest BCUT2D eigenvalue weighted by Crippen LogP contribution is -2.19. The minimum absolute atomic E-state index is 0.280. The molecule has 2 N–H and O–H groups in total. The lowest BCUT2D eigenvalue weighted by molar-refractivity contribution is 0.174. The maximum absolute atomic E-state index is 12.8. The van der Waals surface area contributed by atoms with Gasteiger partial charge in [0.15, 0.2) is 12.5 Å². The van der Waals surface area contributed by atoms with Gasteiger partial charge in [-0.1, -0.05) is 30.3 Å². The predicted octanol–water partition coefficient (Wildman–Crippen LogP) is 1.95. The first-order valence-electron chi connectivity index (χ1n) is 3.30. The highest BCUT2D eigenvalue weighted by Crippen LogP contribution is 2.19. The molecule has 0 aliphatic rings. The summed E-state index contributed by atoms with van der Waals surface area (Å²) in [5.74, 6) is 0. The van der Waals surface area contributed by atoms with Gasteiger partial charge in [0.1, 0.15) is 0 Å². The van der Waals surface area contributed by atoms with E-state index in [1.54, 1.807) is 18.2 Å². The van der Waals surface area contributed by atoms with E-state index in [4.69, 9.17) is 5.73 Å². The molecule has 0 aromatic heterocycles. The van der Waals surface area contributed by atoms with E-state index < -0.39 is 12.5 Å². The summed E-state index contributed by atoms with van der Waals surface area (Å²) in [6, 6.07) is 8.03. The van der Waals surface area contributed by atoms with Gasteiger partial charge in [-0.05, 0) is 5.56 Å². The van der Waals surface area contributed by atoms with Crippen LogP contribution < -0.4 is 5.73 Å². The van der Waals surface area contributed by atoms with Gasteiger partial charge in [0, 0.05) is 0 Å². The van der Waals surface area contributed by atoms with E-state index in [0.29, 0.717) is 0 Å². The van der Waals surface area contributed by atoms with E-state index in [1.807, 2.05) is 0 Å². The van der Waals surface area contributed by atoms with Crippen molar-refractivity contribution < 1.29 is 8.78 Å². The second kappa shape index (κ2) is 3.44. The molecule has 1 aromatic carbocycles. The molecule has 1 aromatic rings. The number of hydrogen-bond acceptors (Lipinski definition) is 1. The van der Waals surface area contributed by atoms with Crippen molar-refractivity contribution in [2.75, 3.05) is 0 Å². The van der Waals surface area contributed by atoms with E-state index in [-0.39, 0.29) is 5.56 Å². The highest BCUT2D eigenvalue weighted by molar-refractivity contribution is 5.17. The molecule has 1 rings (SSSR count). The minimum atomic E-state index is -1.93. The largest absolute Gasteiger partial charge is 0.299 e. The first kappa shape index (κ1) is 8.14. The van der Waals surface area contributed by atoms with Gasteiger partial charge in [-0.25, -0.2) is 8.78 Å². The Morgan fingerprint density at radius 3 is 2.09 bits per heavy atom. The summed E-state index contributed by atoms with van der Waals surface area (Å²) in [5.41, 5.74) is 5.01. The lowest BCUT2D eigenvalue weighted by atomic mass is 10.1. The molecular formula is C8H9F2N. The van der Waals surface area contributed by atoms with Crippen molar-refractivity contribution in [1.29, 1.82) is 0 Å². The van der Waals surface area contributed by atoms with Gasteiger partial charge >= 0.3 is 0 Å². The molecule has 0 heterocycles. The first-order valence-corrected chi connectivity index (χ1v) is 3.30. The van der Waals surface area contributed by atoms with Gasteiger partial charge in [0.25, 0.3) is 0 Å². The molecule has 0 fully saturated rings. The molecular weight excluding hydrogens is 148 g/mol. The first-order chi connectivity index (χ1) is 5.22. The fourth-order valence-electron chi connectivity index (χ4n) is 0.821. The van der Waals surface area contributed by atoms with Crippen LogP contribution in [0.2, 0.25) is 0 Å². The van der Waals surface area contributed by atoms with Crippen molar-refractivity contribution in [3.8, 4) is 0 Å².